The van der Waals surface area contributed by atoms with Gasteiger partial charge in [-0.25, -0.2) is 28.3 Å². The predicted octanol–water partition coefficient (Wildman–Crippen LogP) is 2.50. The van der Waals surface area contributed by atoms with E-state index in [-0.39, 0.29) is 48.0 Å². The number of hydrogen-bond acceptors (Lipinski definition) is 9. The van der Waals surface area contributed by atoms with Crippen LogP contribution < -0.4 is 15.8 Å². The van der Waals surface area contributed by atoms with Gasteiger partial charge in [0.05, 0.1) is 18.5 Å². The van der Waals surface area contributed by atoms with Crippen LogP contribution in [0.25, 0.3) is 22.6 Å². The first kappa shape index (κ1) is 26.4. The van der Waals surface area contributed by atoms with Crippen molar-refractivity contribution < 1.29 is 12.8 Å². The van der Waals surface area contributed by atoms with Gasteiger partial charge in [-0.05, 0) is 42.7 Å². The summed E-state index contributed by atoms with van der Waals surface area (Å²) < 4.78 is 44.9. The van der Waals surface area contributed by atoms with E-state index in [4.69, 9.17) is 11.5 Å². The number of aliphatic imine (C=N–C) groups is 1. The molecule has 0 fully saturated rings. The molecule has 1 aliphatic heterocycles. The Kier molecular flexibility index (Phi) is 7.14. The maximum absolute atomic E-state index is 14.4. The largest absolute Gasteiger partial charge is 0.382 e. The van der Waals surface area contributed by atoms with Crippen LogP contribution in [0.5, 0.6) is 0 Å². The second-order valence-electron chi connectivity index (χ2n) is 9.41. The molecule has 14 heteroatoms. The predicted molar refractivity (Wildman–Crippen MR) is 150 cm³/mol. The number of hydrogen-bond donors (Lipinski definition) is 2. The Hall–Kier alpha value is -4.17. The Labute approximate surface area is 225 Å². The Morgan fingerprint density at radius 1 is 1.18 bits per heavy atom. The third-order valence-corrected chi connectivity index (χ3v) is 8.36. The summed E-state index contributed by atoms with van der Waals surface area (Å²) in [6, 6.07) is 3.55. The molecular formula is C25H29FN10O2S. The summed E-state index contributed by atoms with van der Waals surface area (Å²) in [5.41, 5.74) is 14.4. The highest BCUT2D eigenvalue weighted by Crippen LogP contribution is 2.35. The van der Waals surface area contributed by atoms with Crippen molar-refractivity contribution in [2.75, 3.05) is 43.0 Å². The smallest absolute Gasteiger partial charge is 0.304 e. The summed E-state index contributed by atoms with van der Waals surface area (Å²) in [7, 11) is -1.15. The van der Waals surface area contributed by atoms with Gasteiger partial charge >= 0.3 is 10.2 Å². The monoisotopic (exact) mass is 552 g/mol. The normalized spacial score (nSPS) is 17.5. The van der Waals surface area contributed by atoms with Crippen molar-refractivity contribution in [3.05, 3.63) is 54.0 Å². The van der Waals surface area contributed by atoms with E-state index in [0.29, 0.717) is 36.1 Å². The lowest BCUT2D eigenvalue weighted by Gasteiger charge is -2.29. The van der Waals surface area contributed by atoms with Gasteiger partial charge in [-0.2, -0.15) is 17.8 Å². The average molecular weight is 553 g/mol. The molecule has 1 aliphatic carbocycles. The zero-order valence-electron chi connectivity index (χ0n) is 21.6. The molecule has 0 radical (unpaired) electrons. The van der Waals surface area contributed by atoms with Gasteiger partial charge in [-0.15, -0.1) is 0 Å². The summed E-state index contributed by atoms with van der Waals surface area (Å²) >= 11 is 0. The molecule has 4 N–H and O–H groups in total. The number of nitrogen functional groups attached to an aromatic ring is 2. The van der Waals surface area contributed by atoms with Gasteiger partial charge in [-0.3, -0.25) is 4.99 Å². The van der Waals surface area contributed by atoms with Gasteiger partial charge < -0.3 is 11.5 Å². The number of dihydropyridines is 1. The molecular weight excluding hydrogens is 523 g/mol. The SMILES string of the molecule is CN(C)S(=O)(=O)N(CC1=CC=NCC1)c1c(N)nc(-c2nn(CC3CC=CC=C3F)c3ncccc23)nc1N. The third-order valence-electron chi connectivity index (χ3n) is 6.57. The second-order valence-corrected chi connectivity index (χ2v) is 11.5. The van der Waals surface area contributed by atoms with Crippen molar-refractivity contribution >= 4 is 44.8 Å². The number of fused-ring (bicyclic) bond motifs is 1. The van der Waals surface area contributed by atoms with E-state index in [1.54, 1.807) is 41.4 Å². The van der Waals surface area contributed by atoms with Crippen molar-refractivity contribution in [1.82, 2.24) is 29.0 Å². The highest BCUT2D eigenvalue weighted by atomic mass is 32.2. The molecule has 0 spiro atoms. The van der Waals surface area contributed by atoms with Crippen LogP contribution in [-0.2, 0) is 16.8 Å². The standard InChI is InChI=1S/C25H29FN10O2S/c1-34(2)39(37,38)36(14-16-9-12-29-13-10-16)21-22(27)31-24(32-23(21)28)20-18-7-5-11-30-25(18)35(33-20)15-17-6-3-4-8-19(17)26/h3-5,7-9,11-12,17H,6,10,13-15H2,1-2H3,(H4,27,28,31,32). The highest BCUT2D eigenvalue weighted by Gasteiger charge is 2.31. The van der Waals surface area contributed by atoms with Gasteiger partial charge in [0.25, 0.3) is 0 Å². The lowest BCUT2D eigenvalue weighted by molar-refractivity contribution is 0.399. The first-order chi connectivity index (χ1) is 18.7. The fourth-order valence-corrected chi connectivity index (χ4v) is 5.63. The highest BCUT2D eigenvalue weighted by molar-refractivity contribution is 7.90. The molecule has 12 nitrogen and oxygen atoms in total. The Balaban J connectivity index is 1.57. The number of rotatable bonds is 8. The summed E-state index contributed by atoms with van der Waals surface area (Å²) in [6.45, 7) is 0.833. The summed E-state index contributed by atoms with van der Waals surface area (Å²) in [5.74, 6) is -0.738. The number of aromatic nitrogens is 5. The van der Waals surface area contributed by atoms with Crippen LogP contribution in [-0.4, -0.2) is 70.9 Å². The van der Waals surface area contributed by atoms with E-state index in [1.165, 1.54) is 20.2 Å². The molecule has 39 heavy (non-hydrogen) atoms. The molecule has 3 aromatic rings. The van der Waals surface area contributed by atoms with Gasteiger partial charge in [0, 0.05) is 39.0 Å². The maximum atomic E-state index is 14.4. The van der Waals surface area contributed by atoms with Crippen molar-refractivity contribution in [3.63, 3.8) is 0 Å². The van der Waals surface area contributed by atoms with Crippen molar-refractivity contribution in [1.29, 1.82) is 0 Å². The quantitative estimate of drug-likeness (QED) is 0.431. The van der Waals surface area contributed by atoms with E-state index in [9.17, 15) is 12.8 Å². The Bertz CT molecular complexity index is 1620. The fourth-order valence-electron chi connectivity index (χ4n) is 4.49. The van der Waals surface area contributed by atoms with Gasteiger partial charge in [0.1, 0.15) is 17.2 Å². The fraction of sp³-hybridized carbons (Fsp3) is 0.320. The van der Waals surface area contributed by atoms with Gasteiger partial charge in [0.2, 0.25) is 0 Å². The maximum Gasteiger partial charge on any atom is 0.304 e. The molecule has 4 heterocycles. The van der Waals surface area contributed by atoms with Crippen LogP contribution in [0.2, 0.25) is 0 Å². The van der Waals surface area contributed by atoms with Crippen LogP contribution in [0.1, 0.15) is 12.8 Å². The van der Waals surface area contributed by atoms with Crippen molar-refractivity contribution in [3.8, 4) is 11.5 Å². The number of pyridine rings is 1. The third kappa shape index (κ3) is 5.12. The van der Waals surface area contributed by atoms with Crippen molar-refractivity contribution in [2.45, 2.75) is 19.4 Å². The van der Waals surface area contributed by atoms with Crippen LogP contribution >= 0.6 is 0 Å². The van der Waals surface area contributed by atoms with Crippen LogP contribution in [0.15, 0.2) is 59.0 Å². The second kappa shape index (κ2) is 10.5. The molecule has 1 unspecified atom stereocenters. The molecule has 0 saturated heterocycles. The van der Waals surface area contributed by atoms with Crippen molar-refractivity contribution in [2.24, 2.45) is 10.9 Å². The first-order valence-corrected chi connectivity index (χ1v) is 13.7. The van der Waals surface area contributed by atoms with E-state index in [0.717, 1.165) is 14.2 Å². The molecule has 2 aliphatic rings. The van der Waals surface area contributed by atoms with E-state index < -0.39 is 10.2 Å². The molecule has 1 atom stereocenters. The van der Waals surface area contributed by atoms with Crippen LogP contribution in [0.3, 0.4) is 0 Å². The number of nitrogens with zero attached hydrogens (tertiary/aromatic N) is 8. The van der Waals surface area contributed by atoms with Crippen LogP contribution in [0, 0.1) is 5.92 Å². The minimum atomic E-state index is -4.00. The molecule has 0 saturated carbocycles. The minimum absolute atomic E-state index is 0.0139. The van der Waals surface area contributed by atoms with E-state index in [2.05, 4.69) is 25.0 Å². The van der Waals surface area contributed by atoms with Crippen LogP contribution in [0.4, 0.5) is 21.7 Å². The molecule has 3 aromatic heterocycles. The molecule has 0 aromatic carbocycles. The zero-order valence-corrected chi connectivity index (χ0v) is 22.4. The average Bonchev–Trinajstić information content (AvgIpc) is 3.28. The first-order valence-electron chi connectivity index (χ1n) is 12.3. The molecule has 0 amide bonds. The van der Waals surface area contributed by atoms with E-state index >= 15 is 0 Å². The summed E-state index contributed by atoms with van der Waals surface area (Å²) in [6.07, 6.45) is 11.2. The number of halogens is 1. The van der Waals surface area contributed by atoms with E-state index in [1.807, 2.05) is 6.08 Å². The molecule has 204 valence electrons. The summed E-state index contributed by atoms with van der Waals surface area (Å²) in [4.78, 5) is 17.5. The Morgan fingerprint density at radius 3 is 2.62 bits per heavy atom. The molecule has 0 bridgehead atoms. The van der Waals surface area contributed by atoms with Gasteiger partial charge in [0.15, 0.2) is 23.1 Å². The molecule has 5 rings (SSSR count). The summed E-state index contributed by atoms with van der Waals surface area (Å²) in [5, 5.41) is 5.28. The Morgan fingerprint density at radius 2 is 1.95 bits per heavy atom. The number of nitrogens with two attached hydrogens (primary N) is 2. The topological polar surface area (TPSA) is 162 Å². The minimum Gasteiger partial charge on any atom is -0.382 e. The van der Waals surface area contributed by atoms with Gasteiger partial charge in [-0.1, -0.05) is 12.2 Å². The number of allylic oxidation sites excluding steroid dienone is 5. The lowest BCUT2D eigenvalue weighted by atomic mass is 10.00. The number of anilines is 3. The lowest BCUT2D eigenvalue weighted by Crippen LogP contribution is -2.42. The zero-order chi connectivity index (χ0) is 27.7.